The monoisotopic (exact) mass is 240 g/mol. The molecule has 2 nitrogen and oxygen atoms in total. The molecule has 0 saturated heterocycles. The molecule has 0 aromatic rings. The summed E-state index contributed by atoms with van der Waals surface area (Å²) >= 11 is 0. The minimum atomic E-state index is 0.169. The van der Waals surface area contributed by atoms with Crippen LogP contribution in [0.3, 0.4) is 0 Å². The molecule has 0 rings (SSSR count). The molecule has 0 aliphatic heterocycles. The molecule has 0 saturated carbocycles. The summed E-state index contributed by atoms with van der Waals surface area (Å²) in [5.41, 5.74) is 0. The lowest BCUT2D eigenvalue weighted by molar-refractivity contribution is -0.122. The van der Waals surface area contributed by atoms with Crippen LogP contribution in [0.1, 0.15) is 72.6 Å². The Morgan fingerprint density at radius 1 is 0.824 bits per heavy atom. The van der Waals surface area contributed by atoms with E-state index in [-0.39, 0.29) is 5.92 Å². The molecule has 0 aliphatic rings. The van der Waals surface area contributed by atoms with Crippen molar-refractivity contribution in [2.45, 2.75) is 72.6 Å². The molecule has 0 fully saturated rings. The minimum Gasteiger partial charge on any atom is -0.300 e. The van der Waals surface area contributed by atoms with E-state index in [1.807, 2.05) is 13.8 Å². The number of rotatable bonds is 10. The fraction of sp³-hybridized carbons (Fsp3) is 0.867. The van der Waals surface area contributed by atoms with Crippen molar-refractivity contribution in [3.05, 3.63) is 0 Å². The van der Waals surface area contributed by atoms with Crippen LogP contribution in [0.2, 0.25) is 0 Å². The number of hydrogen-bond donors (Lipinski definition) is 0. The molecule has 0 unspecified atom stereocenters. The summed E-state index contributed by atoms with van der Waals surface area (Å²) in [5.74, 6) is 1.40. The number of ketones is 2. The van der Waals surface area contributed by atoms with Gasteiger partial charge in [-0.3, -0.25) is 9.59 Å². The van der Waals surface area contributed by atoms with Gasteiger partial charge in [0, 0.05) is 25.2 Å². The Morgan fingerprint density at radius 2 is 1.35 bits per heavy atom. The number of Topliss-reactive ketones (excluding diaryl/α,β-unsaturated/α-hetero) is 2. The van der Waals surface area contributed by atoms with Crippen molar-refractivity contribution < 1.29 is 9.59 Å². The van der Waals surface area contributed by atoms with Crippen LogP contribution in [0, 0.1) is 11.8 Å². The zero-order valence-electron chi connectivity index (χ0n) is 11.9. The molecule has 0 atom stereocenters. The van der Waals surface area contributed by atoms with E-state index in [0.717, 1.165) is 32.1 Å². The van der Waals surface area contributed by atoms with Gasteiger partial charge in [0.1, 0.15) is 11.6 Å². The highest BCUT2D eigenvalue weighted by atomic mass is 16.1. The molecule has 0 amide bonds. The Labute approximate surface area is 106 Å². The lowest BCUT2D eigenvalue weighted by Gasteiger charge is -2.05. The molecular weight excluding hydrogens is 212 g/mol. The van der Waals surface area contributed by atoms with E-state index in [1.54, 1.807) is 0 Å². The molecule has 0 aromatic carbocycles. The van der Waals surface area contributed by atoms with E-state index in [0.29, 0.717) is 30.3 Å². The van der Waals surface area contributed by atoms with Crippen LogP contribution in [-0.4, -0.2) is 11.6 Å². The fourth-order valence-corrected chi connectivity index (χ4v) is 1.82. The third-order valence-corrected chi connectivity index (χ3v) is 2.91. The van der Waals surface area contributed by atoms with E-state index in [2.05, 4.69) is 13.8 Å². The zero-order chi connectivity index (χ0) is 13.3. The topological polar surface area (TPSA) is 34.1 Å². The fourth-order valence-electron chi connectivity index (χ4n) is 1.82. The van der Waals surface area contributed by atoms with Gasteiger partial charge in [-0.05, 0) is 18.8 Å². The highest BCUT2D eigenvalue weighted by molar-refractivity contribution is 5.80. The first-order valence-corrected chi connectivity index (χ1v) is 6.98. The first kappa shape index (κ1) is 16.3. The number of unbranched alkanes of at least 4 members (excludes halogenated alkanes) is 3. The first-order valence-electron chi connectivity index (χ1n) is 6.98. The Hall–Kier alpha value is -0.660. The number of carbonyl (C=O) groups is 2. The van der Waals surface area contributed by atoms with E-state index < -0.39 is 0 Å². The summed E-state index contributed by atoms with van der Waals surface area (Å²) in [7, 11) is 0. The van der Waals surface area contributed by atoms with E-state index in [9.17, 15) is 9.59 Å². The second kappa shape index (κ2) is 9.38. The third kappa shape index (κ3) is 10.2. The first-order chi connectivity index (χ1) is 7.93. The maximum Gasteiger partial charge on any atom is 0.135 e. The summed E-state index contributed by atoms with van der Waals surface area (Å²) in [4.78, 5) is 22.8. The number of carbonyl (C=O) groups excluding carboxylic acids is 2. The minimum absolute atomic E-state index is 0.169. The zero-order valence-corrected chi connectivity index (χ0v) is 11.9. The molecule has 0 aliphatic carbocycles. The second-order valence-corrected chi connectivity index (χ2v) is 5.67. The van der Waals surface area contributed by atoms with Gasteiger partial charge in [-0.2, -0.15) is 0 Å². The average molecular weight is 240 g/mol. The summed E-state index contributed by atoms with van der Waals surface area (Å²) in [5, 5.41) is 0. The average Bonchev–Trinajstić information content (AvgIpc) is 2.21. The molecule has 0 radical (unpaired) electrons. The van der Waals surface area contributed by atoms with Gasteiger partial charge >= 0.3 is 0 Å². The van der Waals surface area contributed by atoms with Crippen molar-refractivity contribution >= 4 is 11.6 Å². The van der Waals surface area contributed by atoms with Crippen molar-refractivity contribution in [1.29, 1.82) is 0 Å². The standard InChI is InChI=1S/C15H28O2/c1-12(2)11-14(16)9-7-5-6-8-10-15(17)13(3)4/h12-13H,5-11H2,1-4H3. The third-order valence-electron chi connectivity index (χ3n) is 2.91. The van der Waals surface area contributed by atoms with Crippen LogP contribution in [-0.2, 0) is 9.59 Å². The van der Waals surface area contributed by atoms with Crippen LogP contribution in [0.25, 0.3) is 0 Å². The van der Waals surface area contributed by atoms with Crippen molar-refractivity contribution in [2.75, 3.05) is 0 Å². The lowest BCUT2D eigenvalue weighted by Crippen LogP contribution is -2.06. The predicted molar refractivity (Wildman–Crippen MR) is 72.0 cm³/mol. The van der Waals surface area contributed by atoms with Gasteiger partial charge in [0.15, 0.2) is 0 Å². The Morgan fingerprint density at radius 3 is 1.82 bits per heavy atom. The molecule has 2 heteroatoms. The summed E-state index contributed by atoms with van der Waals surface area (Å²) in [6, 6.07) is 0. The molecular formula is C15H28O2. The Bertz CT molecular complexity index is 229. The van der Waals surface area contributed by atoms with Crippen molar-refractivity contribution in [2.24, 2.45) is 11.8 Å². The summed E-state index contributed by atoms with van der Waals surface area (Å²) < 4.78 is 0. The maximum absolute atomic E-state index is 11.4. The summed E-state index contributed by atoms with van der Waals surface area (Å²) in [6.45, 7) is 8.06. The van der Waals surface area contributed by atoms with Crippen LogP contribution in [0.5, 0.6) is 0 Å². The van der Waals surface area contributed by atoms with Crippen molar-refractivity contribution in [1.82, 2.24) is 0 Å². The predicted octanol–water partition coefficient (Wildman–Crippen LogP) is 4.17. The van der Waals surface area contributed by atoms with Gasteiger partial charge in [-0.15, -0.1) is 0 Å². The Kier molecular flexibility index (Phi) is 9.01. The number of hydrogen-bond acceptors (Lipinski definition) is 2. The highest BCUT2D eigenvalue weighted by Gasteiger charge is 2.07. The molecule has 0 N–H and O–H groups in total. The molecule has 0 aromatic heterocycles. The maximum atomic E-state index is 11.4. The van der Waals surface area contributed by atoms with Crippen LogP contribution in [0.4, 0.5) is 0 Å². The van der Waals surface area contributed by atoms with Crippen LogP contribution >= 0.6 is 0 Å². The SMILES string of the molecule is CC(C)CC(=O)CCCCCCC(=O)C(C)C. The lowest BCUT2D eigenvalue weighted by atomic mass is 10.00. The normalized spacial score (nSPS) is 11.2. The molecule has 100 valence electrons. The van der Waals surface area contributed by atoms with Crippen molar-refractivity contribution in [3.63, 3.8) is 0 Å². The molecule has 0 bridgehead atoms. The van der Waals surface area contributed by atoms with Gasteiger partial charge < -0.3 is 0 Å². The highest BCUT2D eigenvalue weighted by Crippen LogP contribution is 2.11. The van der Waals surface area contributed by atoms with Gasteiger partial charge in [-0.1, -0.05) is 40.5 Å². The smallest absolute Gasteiger partial charge is 0.135 e. The summed E-state index contributed by atoms with van der Waals surface area (Å²) in [6.07, 6.45) is 6.26. The molecule has 17 heavy (non-hydrogen) atoms. The van der Waals surface area contributed by atoms with Crippen molar-refractivity contribution in [3.8, 4) is 0 Å². The van der Waals surface area contributed by atoms with Gasteiger partial charge in [-0.25, -0.2) is 0 Å². The molecule has 0 heterocycles. The molecule has 0 spiro atoms. The van der Waals surface area contributed by atoms with Crippen LogP contribution in [0.15, 0.2) is 0 Å². The van der Waals surface area contributed by atoms with Gasteiger partial charge in [0.25, 0.3) is 0 Å². The van der Waals surface area contributed by atoms with Gasteiger partial charge in [0.2, 0.25) is 0 Å². The van der Waals surface area contributed by atoms with Crippen LogP contribution < -0.4 is 0 Å². The Balaban J connectivity index is 3.35. The van der Waals surface area contributed by atoms with E-state index >= 15 is 0 Å². The second-order valence-electron chi connectivity index (χ2n) is 5.67. The van der Waals surface area contributed by atoms with E-state index in [4.69, 9.17) is 0 Å². The van der Waals surface area contributed by atoms with E-state index in [1.165, 1.54) is 0 Å². The largest absolute Gasteiger partial charge is 0.300 e. The quantitative estimate of drug-likeness (QED) is 0.537. The van der Waals surface area contributed by atoms with Gasteiger partial charge in [0.05, 0.1) is 0 Å².